The Morgan fingerprint density at radius 1 is 0.917 bits per heavy atom. The first-order valence-electron chi connectivity index (χ1n) is 8.40. The molecule has 1 saturated heterocycles. The molecule has 24 heavy (non-hydrogen) atoms. The zero-order valence-electron chi connectivity index (χ0n) is 13.9. The van der Waals surface area contributed by atoms with Crippen LogP contribution >= 0.6 is 0 Å². The van der Waals surface area contributed by atoms with Gasteiger partial charge in [0.2, 0.25) is 5.91 Å². The second-order valence-electron chi connectivity index (χ2n) is 6.17. The molecule has 1 aliphatic heterocycles. The molecular weight excluding hydrogens is 300 g/mol. The molecule has 2 aromatic carbocycles. The SMILES string of the molecule is C[C@@H](NC(=O)c1ccc(-c2ccccc2)cc1)C(=O)N1CCCC1. The number of amides is 2. The van der Waals surface area contributed by atoms with Gasteiger partial charge in [-0.3, -0.25) is 9.59 Å². The van der Waals surface area contributed by atoms with Gasteiger partial charge in [-0.25, -0.2) is 0 Å². The fourth-order valence-corrected chi connectivity index (χ4v) is 3.00. The average molecular weight is 322 g/mol. The van der Waals surface area contributed by atoms with E-state index in [1.54, 1.807) is 19.1 Å². The molecule has 0 spiro atoms. The molecule has 2 amide bonds. The summed E-state index contributed by atoms with van der Waals surface area (Å²) in [5.41, 5.74) is 2.74. The highest BCUT2D eigenvalue weighted by molar-refractivity contribution is 5.97. The van der Waals surface area contributed by atoms with Crippen molar-refractivity contribution in [2.75, 3.05) is 13.1 Å². The molecule has 1 heterocycles. The van der Waals surface area contributed by atoms with Crippen LogP contribution in [0.15, 0.2) is 54.6 Å². The van der Waals surface area contributed by atoms with Crippen LogP contribution in [0.4, 0.5) is 0 Å². The normalized spacial score (nSPS) is 15.1. The van der Waals surface area contributed by atoms with Crippen molar-refractivity contribution >= 4 is 11.8 Å². The van der Waals surface area contributed by atoms with Crippen LogP contribution in [0, 0.1) is 0 Å². The van der Waals surface area contributed by atoms with Gasteiger partial charge in [0.25, 0.3) is 5.91 Å². The third-order valence-corrected chi connectivity index (χ3v) is 4.39. The largest absolute Gasteiger partial charge is 0.341 e. The monoisotopic (exact) mass is 322 g/mol. The first-order chi connectivity index (χ1) is 11.6. The van der Waals surface area contributed by atoms with Crippen molar-refractivity contribution in [3.63, 3.8) is 0 Å². The van der Waals surface area contributed by atoms with Gasteiger partial charge in [-0.15, -0.1) is 0 Å². The van der Waals surface area contributed by atoms with E-state index in [0.717, 1.165) is 37.1 Å². The van der Waals surface area contributed by atoms with Crippen LogP contribution in [0.5, 0.6) is 0 Å². The minimum Gasteiger partial charge on any atom is -0.341 e. The molecule has 0 bridgehead atoms. The van der Waals surface area contributed by atoms with Crippen molar-refractivity contribution in [3.05, 3.63) is 60.2 Å². The number of hydrogen-bond acceptors (Lipinski definition) is 2. The highest BCUT2D eigenvalue weighted by Crippen LogP contribution is 2.19. The van der Waals surface area contributed by atoms with Crippen LogP contribution in [-0.4, -0.2) is 35.8 Å². The van der Waals surface area contributed by atoms with Gasteiger partial charge in [-0.05, 0) is 43.0 Å². The molecule has 0 aliphatic carbocycles. The van der Waals surface area contributed by atoms with Crippen molar-refractivity contribution in [2.45, 2.75) is 25.8 Å². The molecule has 1 N–H and O–H groups in total. The molecule has 0 aromatic heterocycles. The van der Waals surface area contributed by atoms with Crippen LogP contribution in [0.1, 0.15) is 30.1 Å². The smallest absolute Gasteiger partial charge is 0.251 e. The summed E-state index contributed by atoms with van der Waals surface area (Å²) in [5.74, 6) is -0.212. The number of nitrogens with zero attached hydrogens (tertiary/aromatic N) is 1. The fourth-order valence-electron chi connectivity index (χ4n) is 3.00. The number of benzene rings is 2. The van der Waals surface area contributed by atoms with E-state index in [4.69, 9.17) is 0 Å². The van der Waals surface area contributed by atoms with Crippen LogP contribution in [-0.2, 0) is 4.79 Å². The molecule has 3 rings (SSSR count). The quantitative estimate of drug-likeness (QED) is 0.940. The summed E-state index contributed by atoms with van der Waals surface area (Å²) in [6, 6.07) is 17.0. The number of hydrogen-bond donors (Lipinski definition) is 1. The second-order valence-corrected chi connectivity index (χ2v) is 6.17. The third kappa shape index (κ3) is 3.65. The topological polar surface area (TPSA) is 49.4 Å². The molecule has 0 unspecified atom stereocenters. The maximum Gasteiger partial charge on any atom is 0.251 e. The number of nitrogens with one attached hydrogen (secondary N) is 1. The lowest BCUT2D eigenvalue weighted by Crippen LogP contribution is -2.45. The lowest BCUT2D eigenvalue weighted by atomic mass is 10.0. The van der Waals surface area contributed by atoms with Gasteiger partial charge < -0.3 is 10.2 Å². The summed E-state index contributed by atoms with van der Waals surface area (Å²) < 4.78 is 0. The Balaban J connectivity index is 1.63. The Morgan fingerprint density at radius 3 is 2.12 bits per heavy atom. The summed E-state index contributed by atoms with van der Waals surface area (Å²) in [6.07, 6.45) is 2.10. The van der Waals surface area contributed by atoms with E-state index in [-0.39, 0.29) is 11.8 Å². The summed E-state index contributed by atoms with van der Waals surface area (Å²) in [6.45, 7) is 3.34. The molecule has 124 valence electrons. The summed E-state index contributed by atoms with van der Waals surface area (Å²) in [5, 5.41) is 2.80. The number of carbonyl (C=O) groups is 2. The summed E-state index contributed by atoms with van der Waals surface area (Å²) >= 11 is 0. The molecule has 1 fully saturated rings. The van der Waals surface area contributed by atoms with Gasteiger partial charge in [0.1, 0.15) is 6.04 Å². The minimum absolute atomic E-state index is 0.00163. The Morgan fingerprint density at radius 2 is 1.50 bits per heavy atom. The van der Waals surface area contributed by atoms with Gasteiger partial charge in [-0.1, -0.05) is 42.5 Å². The highest BCUT2D eigenvalue weighted by Gasteiger charge is 2.24. The lowest BCUT2D eigenvalue weighted by molar-refractivity contribution is -0.131. The fraction of sp³-hybridized carbons (Fsp3) is 0.300. The van der Waals surface area contributed by atoms with Crippen molar-refractivity contribution in [2.24, 2.45) is 0 Å². The molecule has 1 atom stereocenters. The van der Waals surface area contributed by atoms with Gasteiger partial charge in [-0.2, -0.15) is 0 Å². The molecule has 4 heteroatoms. The van der Waals surface area contributed by atoms with E-state index in [0.29, 0.717) is 5.56 Å². The number of likely N-dealkylation sites (tertiary alicyclic amines) is 1. The van der Waals surface area contributed by atoms with Crippen molar-refractivity contribution < 1.29 is 9.59 Å². The van der Waals surface area contributed by atoms with Crippen molar-refractivity contribution in [1.29, 1.82) is 0 Å². The van der Waals surface area contributed by atoms with Crippen LogP contribution in [0.25, 0.3) is 11.1 Å². The maximum atomic E-state index is 12.3. The van der Waals surface area contributed by atoms with E-state index in [2.05, 4.69) is 5.32 Å². The molecule has 4 nitrogen and oxygen atoms in total. The first kappa shape index (κ1) is 16.2. The maximum absolute atomic E-state index is 12.3. The van der Waals surface area contributed by atoms with Crippen molar-refractivity contribution in [1.82, 2.24) is 10.2 Å². The predicted octanol–water partition coefficient (Wildman–Crippen LogP) is 3.09. The van der Waals surface area contributed by atoms with E-state index in [1.807, 2.05) is 47.4 Å². The van der Waals surface area contributed by atoms with E-state index < -0.39 is 6.04 Å². The van der Waals surface area contributed by atoms with E-state index in [9.17, 15) is 9.59 Å². The highest BCUT2D eigenvalue weighted by atomic mass is 16.2. The second kappa shape index (κ2) is 7.30. The lowest BCUT2D eigenvalue weighted by Gasteiger charge is -2.21. The van der Waals surface area contributed by atoms with Crippen LogP contribution < -0.4 is 5.32 Å². The molecule has 1 aliphatic rings. The van der Waals surface area contributed by atoms with Gasteiger partial charge >= 0.3 is 0 Å². The molecule has 2 aromatic rings. The third-order valence-electron chi connectivity index (χ3n) is 4.39. The van der Waals surface area contributed by atoms with Crippen LogP contribution in [0.2, 0.25) is 0 Å². The van der Waals surface area contributed by atoms with Gasteiger partial charge in [0.15, 0.2) is 0 Å². The van der Waals surface area contributed by atoms with Crippen LogP contribution in [0.3, 0.4) is 0 Å². The first-order valence-corrected chi connectivity index (χ1v) is 8.40. The van der Waals surface area contributed by atoms with Gasteiger partial charge in [0.05, 0.1) is 0 Å². The summed E-state index contributed by atoms with van der Waals surface area (Å²) in [4.78, 5) is 26.4. The number of rotatable bonds is 4. The standard InChI is InChI=1S/C20H22N2O2/c1-15(20(24)22-13-5-6-14-22)21-19(23)18-11-9-17(10-12-18)16-7-3-2-4-8-16/h2-4,7-12,15H,5-6,13-14H2,1H3,(H,21,23)/t15-/m1/s1. The zero-order chi connectivity index (χ0) is 16.9. The van der Waals surface area contributed by atoms with Crippen molar-refractivity contribution in [3.8, 4) is 11.1 Å². The molecular formula is C20H22N2O2. The Hall–Kier alpha value is -2.62. The predicted molar refractivity (Wildman–Crippen MR) is 94.6 cm³/mol. The summed E-state index contributed by atoms with van der Waals surface area (Å²) in [7, 11) is 0. The zero-order valence-corrected chi connectivity index (χ0v) is 13.9. The Kier molecular flexibility index (Phi) is 4.94. The Labute approximate surface area is 142 Å². The Bertz CT molecular complexity index is 704. The molecule has 0 radical (unpaired) electrons. The average Bonchev–Trinajstić information content (AvgIpc) is 3.16. The van der Waals surface area contributed by atoms with Gasteiger partial charge in [0, 0.05) is 18.7 Å². The van der Waals surface area contributed by atoms with E-state index >= 15 is 0 Å². The van der Waals surface area contributed by atoms with E-state index in [1.165, 1.54) is 0 Å². The molecule has 0 saturated carbocycles. The minimum atomic E-state index is -0.496. The number of carbonyl (C=O) groups excluding carboxylic acids is 2.